The summed E-state index contributed by atoms with van der Waals surface area (Å²) in [6, 6.07) is 20.5. The zero-order valence-corrected chi connectivity index (χ0v) is 23.7. The molecule has 2 aliphatic heterocycles. The number of methoxy groups -OCH3 is 1. The lowest BCUT2D eigenvalue weighted by molar-refractivity contribution is -0.115. The van der Waals surface area contributed by atoms with E-state index in [1.54, 1.807) is 7.11 Å². The summed E-state index contributed by atoms with van der Waals surface area (Å²) in [5, 5.41) is 2.05. The van der Waals surface area contributed by atoms with Crippen LogP contribution in [0.1, 0.15) is 33.6 Å². The molecule has 0 saturated carbocycles. The molecule has 0 spiro atoms. The van der Waals surface area contributed by atoms with Gasteiger partial charge in [0.2, 0.25) is 5.78 Å². The maximum atomic E-state index is 13.0. The van der Waals surface area contributed by atoms with Gasteiger partial charge in [0.25, 0.3) is 8.32 Å². The van der Waals surface area contributed by atoms with Crippen molar-refractivity contribution in [3.8, 4) is 11.8 Å². The van der Waals surface area contributed by atoms with E-state index in [-0.39, 0.29) is 42.0 Å². The van der Waals surface area contributed by atoms with Crippen molar-refractivity contribution < 1.29 is 28.2 Å². The molecule has 1 fully saturated rings. The number of rotatable bonds is 9. The fraction of sp³-hybridized carbons (Fsp3) is 0.452. The Labute approximate surface area is 227 Å². The van der Waals surface area contributed by atoms with Gasteiger partial charge in [0.15, 0.2) is 6.29 Å². The predicted molar refractivity (Wildman–Crippen MR) is 150 cm³/mol. The minimum Gasteiger partial charge on any atom is -0.399 e. The summed E-state index contributed by atoms with van der Waals surface area (Å²) in [4.78, 5) is 13.0. The summed E-state index contributed by atoms with van der Waals surface area (Å²) in [7, 11) is -1.15. The van der Waals surface area contributed by atoms with E-state index in [0.29, 0.717) is 26.1 Å². The van der Waals surface area contributed by atoms with Crippen LogP contribution < -0.4 is 10.4 Å². The minimum absolute atomic E-state index is 0.0710. The van der Waals surface area contributed by atoms with Gasteiger partial charge >= 0.3 is 0 Å². The standard InChI is InChI=1S/C31H38O6Si/c1-31(2,3)38(26-13-7-5-8-14-26,27-15-9-6-10-16-27)36-23-24(32)12-11-17-29-28(33-4)19-18-25(37-29)22-30-34-20-21-35-30/h5-10,13-16,18-19,25,28-30H,17,20-23H2,1-4H3/t25-,28-,29+/m0/s1. The summed E-state index contributed by atoms with van der Waals surface area (Å²) in [5.41, 5.74) is 0. The molecule has 2 aliphatic rings. The fourth-order valence-electron chi connectivity index (χ4n) is 5.19. The third-order valence-corrected chi connectivity index (χ3v) is 12.0. The Balaban J connectivity index is 1.45. The van der Waals surface area contributed by atoms with Crippen LogP contribution in [0.2, 0.25) is 5.04 Å². The third-order valence-electron chi connectivity index (χ3n) is 6.99. The molecule has 202 valence electrons. The Morgan fingerprint density at radius 1 is 0.974 bits per heavy atom. The molecular formula is C31H38O6Si. The molecule has 2 heterocycles. The van der Waals surface area contributed by atoms with Crippen molar-refractivity contribution in [2.75, 3.05) is 26.9 Å². The van der Waals surface area contributed by atoms with Gasteiger partial charge in [-0.3, -0.25) is 4.79 Å². The molecule has 0 aromatic heterocycles. The van der Waals surface area contributed by atoms with E-state index in [9.17, 15) is 4.79 Å². The summed E-state index contributed by atoms with van der Waals surface area (Å²) in [5.74, 6) is 5.56. The van der Waals surface area contributed by atoms with Crippen LogP contribution in [0.25, 0.3) is 0 Å². The van der Waals surface area contributed by atoms with Gasteiger partial charge in [-0.05, 0) is 21.3 Å². The SMILES string of the molecule is CO[C@H]1C=C[C@@H](CC2OCCO2)O[C@@H]1CC#CC(=O)CO[Si](c1ccccc1)(c1ccccc1)C(C)(C)C. The Morgan fingerprint density at radius 2 is 1.58 bits per heavy atom. The van der Waals surface area contributed by atoms with Crippen LogP contribution in [-0.4, -0.2) is 65.6 Å². The zero-order valence-electron chi connectivity index (χ0n) is 22.7. The number of carbonyl (C=O) groups excluding carboxylic acids is 1. The highest BCUT2D eigenvalue weighted by atomic mass is 28.4. The average molecular weight is 535 g/mol. The molecule has 4 rings (SSSR count). The van der Waals surface area contributed by atoms with Crippen molar-refractivity contribution in [1.29, 1.82) is 0 Å². The number of carbonyl (C=O) groups is 1. The number of hydrogen-bond donors (Lipinski definition) is 0. The summed E-state index contributed by atoms with van der Waals surface area (Å²) < 4.78 is 29.6. The predicted octanol–water partition coefficient (Wildman–Crippen LogP) is 3.63. The van der Waals surface area contributed by atoms with E-state index in [4.69, 9.17) is 23.4 Å². The van der Waals surface area contributed by atoms with Gasteiger partial charge in [0, 0.05) is 20.0 Å². The van der Waals surface area contributed by atoms with Crippen molar-refractivity contribution in [2.45, 2.75) is 63.3 Å². The van der Waals surface area contributed by atoms with Crippen LogP contribution in [0.15, 0.2) is 72.8 Å². The van der Waals surface area contributed by atoms with Gasteiger partial charge in [-0.15, -0.1) is 0 Å². The lowest BCUT2D eigenvalue weighted by atomic mass is 10.0. The lowest BCUT2D eigenvalue weighted by Gasteiger charge is -2.42. The molecular weight excluding hydrogens is 496 g/mol. The second-order valence-electron chi connectivity index (χ2n) is 10.6. The van der Waals surface area contributed by atoms with Crippen molar-refractivity contribution in [3.05, 3.63) is 72.8 Å². The Morgan fingerprint density at radius 3 is 2.13 bits per heavy atom. The van der Waals surface area contributed by atoms with Crippen LogP contribution in [-0.2, 0) is 28.2 Å². The lowest BCUT2D eigenvalue weighted by Crippen LogP contribution is -2.66. The van der Waals surface area contributed by atoms with Gasteiger partial charge in [0.1, 0.15) is 12.7 Å². The van der Waals surface area contributed by atoms with E-state index in [2.05, 4.69) is 56.9 Å². The van der Waals surface area contributed by atoms with E-state index in [1.807, 2.05) is 48.6 Å². The largest absolute Gasteiger partial charge is 0.399 e. The Kier molecular flexibility index (Phi) is 9.72. The smallest absolute Gasteiger partial charge is 0.261 e. The van der Waals surface area contributed by atoms with Gasteiger partial charge in [-0.25, -0.2) is 0 Å². The van der Waals surface area contributed by atoms with Gasteiger partial charge in [0.05, 0.1) is 25.4 Å². The van der Waals surface area contributed by atoms with E-state index in [0.717, 1.165) is 10.4 Å². The molecule has 0 unspecified atom stereocenters. The maximum absolute atomic E-state index is 13.0. The second-order valence-corrected chi connectivity index (χ2v) is 14.9. The van der Waals surface area contributed by atoms with Crippen LogP contribution in [0, 0.1) is 11.8 Å². The van der Waals surface area contributed by atoms with Crippen molar-refractivity contribution in [1.82, 2.24) is 0 Å². The maximum Gasteiger partial charge on any atom is 0.261 e. The van der Waals surface area contributed by atoms with Gasteiger partial charge < -0.3 is 23.4 Å². The molecule has 6 nitrogen and oxygen atoms in total. The van der Waals surface area contributed by atoms with Crippen molar-refractivity contribution in [3.63, 3.8) is 0 Å². The Bertz CT molecular complexity index is 1090. The minimum atomic E-state index is -2.79. The van der Waals surface area contributed by atoms with Crippen molar-refractivity contribution >= 4 is 24.5 Å². The monoisotopic (exact) mass is 534 g/mol. The number of hydrogen-bond acceptors (Lipinski definition) is 6. The first kappa shape index (κ1) is 28.4. The average Bonchev–Trinajstić information content (AvgIpc) is 3.43. The van der Waals surface area contributed by atoms with Gasteiger partial charge in [-0.2, -0.15) is 0 Å². The summed E-state index contributed by atoms with van der Waals surface area (Å²) in [6.07, 6.45) is 4.04. The molecule has 38 heavy (non-hydrogen) atoms. The Hall–Kier alpha value is -2.57. The van der Waals surface area contributed by atoms with E-state index < -0.39 is 8.32 Å². The highest BCUT2D eigenvalue weighted by molar-refractivity contribution is 6.99. The molecule has 0 aliphatic carbocycles. The first-order valence-electron chi connectivity index (χ1n) is 13.2. The molecule has 0 amide bonds. The molecule has 3 atom stereocenters. The molecule has 2 aromatic carbocycles. The number of benzene rings is 2. The first-order valence-corrected chi connectivity index (χ1v) is 15.1. The fourth-order valence-corrected chi connectivity index (χ4v) is 9.69. The van der Waals surface area contributed by atoms with Crippen LogP contribution in [0.4, 0.5) is 0 Å². The van der Waals surface area contributed by atoms with Gasteiger partial charge in [-0.1, -0.05) is 99.5 Å². The summed E-state index contributed by atoms with van der Waals surface area (Å²) >= 11 is 0. The third kappa shape index (κ3) is 6.70. The van der Waals surface area contributed by atoms with Crippen LogP contribution >= 0.6 is 0 Å². The molecule has 0 bridgehead atoms. The quantitative estimate of drug-likeness (QED) is 0.212. The normalized spacial score (nSPS) is 22.2. The molecule has 2 aromatic rings. The highest BCUT2D eigenvalue weighted by Gasteiger charge is 2.50. The molecule has 0 N–H and O–H groups in total. The summed E-state index contributed by atoms with van der Waals surface area (Å²) in [6.45, 7) is 7.70. The molecule has 0 radical (unpaired) electrons. The van der Waals surface area contributed by atoms with Crippen molar-refractivity contribution in [2.24, 2.45) is 0 Å². The molecule has 7 heteroatoms. The highest BCUT2D eigenvalue weighted by Crippen LogP contribution is 2.36. The zero-order chi connectivity index (χ0) is 27.0. The van der Waals surface area contributed by atoms with E-state index >= 15 is 0 Å². The number of Topliss-reactive ketones (excluding diaryl/α,β-unsaturated/α-hetero) is 1. The van der Waals surface area contributed by atoms with E-state index in [1.165, 1.54) is 0 Å². The number of ether oxygens (including phenoxy) is 4. The second kappa shape index (κ2) is 13.0. The van der Waals surface area contributed by atoms with Crippen LogP contribution in [0.5, 0.6) is 0 Å². The topological polar surface area (TPSA) is 63.2 Å². The van der Waals surface area contributed by atoms with Crippen LogP contribution in [0.3, 0.4) is 0 Å². The first-order chi connectivity index (χ1) is 18.3. The number of ketones is 1. The molecule has 1 saturated heterocycles.